The summed E-state index contributed by atoms with van der Waals surface area (Å²) in [7, 11) is 0. The van der Waals surface area contributed by atoms with Crippen LogP contribution in [0.4, 0.5) is 0 Å². The molecule has 0 aliphatic rings. The van der Waals surface area contributed by atoms with Gasteiger partial charge in [-0.3, -0.25) is 4.79 Å². The van der Waals surface area contributed by atoms with Gasteiger partial charge in [0.1, 0.15) is 0 Å². The van der Waals surface area contributed by atoms with Crippen LogP contribution in [0.2, 0.25) is 10.0 Å². The number of hydrogen-bond acceptors (Lipinski definition) is 1. The van der Waals surface area contributed by atoms with Crippen LogP contribution in [0.1, 0.15) is 29.8 Å². The highest BCUT2D eigenvalue weighted by Gasteiger charge is 2.19. The van der Waals surface area contributed by atoms with Crippen LogP contribution in [0.5, 0.6) is 0 Å². The second kappa shape index (κ2) is 6.97. The third-order valence-electron chi connectivity index (χ3n) is 3.25. The quantitative estimate of drug-likeness (QED) is 0.772. The molecule has 0 aromatic heterocycles. The zero-order valence-electron chi connectivity index (χ0n) is 12.0. The number of benzene rings is 2. The lowest BCUT2D eigenvalue weighted by Crippen LogP contribution is -2.36. The van der Waals surface area contributed by atoms with E-state index in [4.69, 9.17) is 23.2 Å². The maximum atomic E-state index is 12.7. The van der Waals surface area contributed by atoms with E-state index in [0.29, 0.717) is 22.2 Å². The Hall–Kier alpha value is -1.51. The van der Waals surface area contributed by atoms with Crippen molar-refractivity contribution in [3.63, 3.8) is 0 Å². The van der Waals surface area contributed by atoms with Gasteiger partial charge in [-0.2, -0.15) is 0 Å². The van der Waals surface area contributed by atoms with Crippen molar-refractivity contribution in [2.75, 3.05) is 0 Å². The Morgan fingerprint density at radius 2 is 1.71 bits per heavy atom. The number of halogens is 2. The lowest BCUT2D eigenvalue weighted by atomic mass is 10.1. The summed E-state index contributed by atoms with van der Waals surface area (Å²) < 4.78 is 0. The first-order valence-corrected chi connectivity index (χ1v) is 7.54. The van der Waals surface area contributed by atoms with Gasteiger partial charge in [0, 0.05) is 18.2 Å². The molecule has 0 saturated carbocycles. The van der Waals surface area contributed by atoms with Crippen LogP contribution in [0.3, 0.4) is 0 Å². The van der Waals surface area contributed by atoms with Gasteiger partial charge in [0.25, 0.3) is 5.91 Å². The summed E-state index contributed by atoms with van der Waals surface area (Å²) in [6.45, 7) is 4.56. The molecular formula is C17H17Cl2NO. The first-order valence-electron chi connectivity index (χ1n) is 6.79. The van der Waals surface area contributed by atoms with Crippen LogP contribution < -0.4 is 0 Å². The largest absolute Gasteiger partial charge is 0.332 e. The third-order valence-corrected chi connectivity index (χ3v) is 3.99. The zero-order valence-corrected chi connectivity index (χ0v) is 13.5. The van der Waals surface area contributed by atoms with Crippen LogP contribution in [-0.4, -0.2) is 16.8 Å². The maximum absolute atomic E-state index is 12.7. The predicted octanol–water partition coefficient (Wildman–Crippen LogP) is 5.04. The van der Waals surface area contributed by atoms with Gasteiger partial charge in [0.05, 0.1) is 10.0 Å². The summed E-state index contributed by atoms with van der Waals surface area (Å²) in [5.74, 6) is -0.0487. The van der Waals surface area contributed by atoms with Gasteiger partial charge in [-0.05, 0) is 37.6 Å². The Morgan fingerprint density at radius 1 is 1.05 bits per heavy atom. The van der Waals surface area contributed by atoms with Crippen molar-refractivity contribution in [3.8, 4) is 0 Å². The summed E-state index contributed by atoms with van der Waals surface area (Å²) in [5, 5.41) is 0.846. The molecule has 2 rings (SSSR count). The van der Waals surface area contributed by atoms with Gasteiger partial charge in [0.2, 0.25) is 0 Å². The average Bonchev–Trinajstić information content (AvgIpc) is 2.47. The first kappa shape index (κ1) is 15.9. The number of amides is 1. The number of hydrogen-bond donors (Lipinski definition) is 0. The minimum Gasteiger partial charge on any atom is -0.332 e. The molecule has 0 aliphatic heterocycles. The fourth-order valence-corrected chi connectivity index (χ4v) is 2.36. The van der Waals surface area contributed by atoms with Crippen molar-refractivity contribution in [2.24, 2.45) is 0 Å². The van der Waals surface area contributed by atoms with Crippen LogP contribution in [0.15, 0.2) is 48.5 Å². The highest BCUT2D eigenvalue weighted by molar-refractivity contribution is 6.42. The molecule has 0 saturated heterocycles. The van der Waals surface area contributed by atoms with Gasteiger partial charge in [-0.1, -0.05) is 53.5 Å². The van der Waals surface area contributed by atoms with E-state index in [2.05, 4.69) is 0 Å². The molecule has 0 unspecified atom stereocenters. The molecule has 0 heterocycles. The van der Waals surface area contributed by atoms with E-state index in [-0.39, 0.29) is 11.9 Å². The second-order valence-corrected chi connectivity index (χ2v) is 5.96. The van der Waals surface area contributed by atoms with E-state index in [1.165, 1.54) is 0 Å². The van der Waals surface area contributed by atoms with Crippen molar-refractivity contribution in [1.82, 2.24) is 4.90 Å². The zero-order chi connectivity index (χ0) is 15.4. The molecule has 0 aliphatic carbocycles. The molecule has 0 spiro atoms. The van der Waals surface area contributed by atoms with Crippen molar-refractivity contribution in [2.45, 2.75) is 26.4 Å². The molecule has 0 N–H and O–H groups in total. The molecule has 21 heavy (non-hydrogen) atoms. The highest BCUT2D eigenvalue weighted by atomic mass is 35.5. The fraction of sp³-hybridized carbons (Fsp3) is 0.235. The number of rotatable bonds is 4. The minimum absolute atomic E-state index is 0.0487. The average molecular weight is 322 g/mol. The molecule has 110 valence electrons. The van der Waals surface area contributed by atoms with E-state index >= 15 is 0 Å². The van der Waals surface area contributed by atoms with Crippen LogP contribution in [0.25, 0.3) is 0 Å². The Bertz CT molecular complexity index is 626. The molecule has 0 bridgehead atoms. The molecule has 0 radical (unpaired) electrons. The van der Waals surface area contributed by atoms with Gasteiger partial charge in [-0.15, -0.1) is 0 Å². The molecule has 0 atom stereocenters. The SMILES string of the molecule is CC(C)N(Cc1ccccc1)C(=O)c1ccc(Cl)c(Cl)c1. The maximum Gasteiger partial charge on any atom is 0.254 e. The molecule has 4 heteroatoms. The Labute approximate surface area is 135 Å². The summed E-state index contributed by atoms with van der Waals surface area (Å²) in [4.78, 5) is 14.5. The monoisotopic (exact) mass is 321 g/mol. The van der Waals surface area contributed by atoms with E-state index in [1.54, 1.807) is 18.2 Å². The number of carbonyl (C=O) groups excluding carboxylic acids is 1. The molecular weight excluding hydrogens is 305 g/mol. The molecule has 0 fully saturated rings. The summed E-state index contributed by atoms with van der Waals surface area (Å²) >= 11 is 11.9. The summed E-state index contributed by atoms with van der Waals surface area (Å²) in [5.41, 5.74) is 1.65. The molecule has 2 aromatic carbocycles. The van der Waals surface area contributed by atoms with Crippen LogP contribution >= 0.6 is 23.2 Å². The Kier molecular flexibility index (Phi) is 5.27. The minimum atomic E-state index is -0.0487. The van der Waals surface area contributed by atoms with Crippen molar-refractivity contribution in [1.29, 1.82) is 0 Å². The van der Waals surface area contributed by atoms with Gasteiger partial charge in [-0.25, -0.2) is 0 Å². The van der Waals surface area contributed by atoms with E-state index in [0.717, 1.165) is 5.56 Å². The van der Waals surface area contributed by atoms with Crippen molar-refractivity contribution in [3.05, 3.63) is 69.7 Å². The predicted molar refractivity (Wildman–Crippen MR) is 87.9 cm³/mol. The Morgan fingerprint density at radius 3 is 2.29 bits per heavy atom. The van der Waals surface area contributed by atoms with Gasteiger partial charge >= 0.3 is 0 Å². The van der Waals surface area contributed by atoms with E-state index in [1.807, 2.05) is 49.1 Å². The second-order valence-electron chi connectivity index (χ2n) is 5.14. The standard InChI is InChI=1S/C17H17Cl2NO/c1-12(2)20(11-13-6-4-3-5-7-13)17(21)14-8-9-15(18)16(19)10-14/h3-10,12H,11H2,1-2H3. The number of carbonyl (C=O) groups is 1. The molecule has 2 aromatic rings. The van der Waals surface area contributed by atoms with E-state index < -0.39 is 0 Å². The van der Waals surface area contributed by atoms with Gasteiger partial charge < -0.3 is 4.90 Å². The number of nitrogens with zero attached hydrogens (tertiary/aromatic N) is 1. The van der Waals surface area contributed by atoms with Gasteiger partial charge in [0.15, 0.2) is 0 Å². The molecule has 2 nitrogen and oxygen atoms in total. The van der Waals surface area contributed by atoms with Crippen LogP contribution in [-0.2, 0) is 6.54 Å². The lowest BCUT2D eigenvalue weighted by molar-refractivity contribution is 0.0690. The smallest absolute Gasteiger partial charge is 0.254 e. The van der Waals surface area contributed by atoms with E-state index in [9.17, 15) is 4.79 Å². The highest BCUT2D eigenvalue weighted by Crippen LogP contribution is 2.24. The van der Waals surface area contributed by atoms with Crippen molar-refractivity contribution >= 4 is 29.1 Å². The Balaban J connectivity index is 2.25. The van der Waals surface area contributed by atoms with Crippen LogP contribution in [0, 0.1) is 0 Å². The molecule has 1 amide bonds. The summed E-state index contributed by atoms with van der Waals surface area (Å²) in [6, 6.07) is 15.0. The lowest BCUT2D eigenvalue weighted by Gasteiger charge is -2.27. The topological polar surface area (TPSA) is 20.3 Å². The van der Waals surface area contributed by atoms with Crippen molar-refractivity contribution < 1.29 is 4.79 Å². The first-order chi connectivity index (χ1) is 9.99. The normalized spacial score (nSPS) is 10.7. The third kappa shape index (κ3) is 3.99. The fourth-order valence-electron chi connectivity index (χ4n) is 2.06. The summed E-state index contributed by atoms with van der Waals surface area (Å²) in [6.07, 6.45) is 0.